The molecular formula is C13H16N4O2S. The quantitative estimate of drug-likeness (QED) is 0.939. The summed E-state index contributed by atoms with van der Waals surface area (Å²) in [5.74, 6) is -0.908. The zero-order valence-electron chi connectivity index (χ0n) is 11.2. The van der Waals surface area contributed by atoms with Crippen molar-refractivity contribution in [1.82, 2.24) is 14.8 Å². The molecule has 0 bridgehead atoms. The van der Waals surface area contributed by atoms with E-state index in [9.17, 15) is 4.79 Å². The Kier molecular flexibility index (Phi) is 3.43. The van der Waals surface area contributed by atoms with Crippen molar-refractivity contribution >= 4 is 22.4 Å². The van der Waals surface area contributed by atoms with E-state index in [2.05, 4.69) is 15.0 Å². The van der Waals surface area contributed by atoms with Crippen LogP contribution in [0.4, 0.5) is 5.13 Å². The van der Waals surface area contributed by atoms with Crippen molar-refractivity contribution in [2.45, 2.75) is 25.8 Å². The van der Waals surface area contributed by atoms with Crippen molar-refractivity contribution in [3.63, 3.8) is 0 Å². The number of aromatic nitrogens is 3. The second-order valence-electron chi connectivity index (χ2n) is 4.93. The maximum Gasteiger partial charge on any atom is 0.339 e. The lowest BCUT2D eigenvalue weighted by molar-refractivity contribution is 0.0696. The fraction of sp³-hybridized carbons (Fsp3) is 0.462. The van der Waals surface area contributed by atoms with Crippen molar-refractivity contribution in [2.75, 3.05) is 18.0 Å². The fourth-order valence-electron chi connectivity index (χ4n) is 2.68. The number of carboxylic acid groups (broad SMARTS) is 1. The summed E-state index contributed by atoms with van der Waals surface area (Å²) in [6, 6.07) is 0.277. The topological polar surface area (TPSA) is 71.2 Å². The summed E-state index contributed by atoms with van der Waals surface area (Å²) in [4.78, 5) is 17.7. The Morgan fingerprint density at radius 1 is 1.45 bits per heavy atom. The van der Waals surface area contributed by atoms with E-state index < -0.39 is 5.97 Å². The third-order valence-electron chi connectivity index (χ3n) is 3.78. The first-order valence-corrected chi connectivity index (χ1v) is 7.46. The molecule has 6 nitrogen and oxygen atoms in total. The molecule has 1 N–H and O–H groups in total. The second kappa shape index (κ2) is 5.24. The van der Waals surface area contributed by atoms with Gasteiger partial charge in [-0.25, -0.2) is 9.78 Å². The van der Waals surface area contributed by atoms with Gasteiger partial charge in [0.15, 0.2) is 5.13 Å². The van der Waals surface area contributed by atoms with Crippen molar-refractivity contribution in [2.24, 2.45) is 0 Å². The first-order chi connectivity index (χ1) is 9.66. The largest absolute Gasteiger partial charge is 0.478 e. The lowest BCUT2D eigenvalue weighted by Gasteiger charge is -2.32. The van der Waals surface area contributed by atoms with Crippen LogP contribution in [0, 0.1) is 6.92 Å². The molecule has 3 rings (SSSR count). The van der Waals surface area contributed by atoms with Crippen molar-refractivity contribution in [3.05, 3.63) is 29.0 Å². The van der Waals surface area contributed by atoms with Gasteiger partial charge >= 0.3 is 5.97 Å². The Morgan fingerprint density at radius 2 is 2.20 bits per heavy atom. The van der Waals surface area contributed by atoms with Crippen LogP contribution in [0.1, 0.15) is 34.9 Å². The number of piperidine rings is 1. The lowest BCUT2D eigenvalue weighted by atomic mass is 10.1. The number of carbonyl (C=O) groups is 1. The molecule has 3 heterocycles. The highest BCUT2D eigenvalue weighted by Crippen LogP contribution is 2.28. The number of anilines is 1. The van der Waals surface area contributed by atoms with Crippen molar-refractivity contribution in [3.8, 4) is 0 Å². The van der Waals surface area contributed by atoms with E-state index in [1.807, 2.05) is 23.2 Å². The number of hydrogen-bond acceptors (Lipinski definition) is 5. The van der Waals surface area contributed by atoms with Gasteiger partial charge in [-0.2, -0.15) is 5.10 Å². The molecule has 1 aliphatic rings. The molecule has 0 spiro atoms. The molecule has 1 fully saturated rings. The van der Waals surface area contributed by atoms with Gasteiger partial charge in [-0.15, -0.1) is 11.3 Å². The lowest BCUT2D eigenvalue weighted by Crippen LogP contribution is -2.35. The predicted octanol–water partition coefficient (Wildman–Crippen LogP) is 2.19. The summed E-state index contributed by atoms with van der Waals surface area (Å²) < 4.78 is 1.86. The molecule has 2 aromatic heterocycles. The van der Waals surface area contributed by atoms with Gasteiger partial charge in [-0.3, -0.25) is 4.68 Å². The number of aromatic carboxylic acids is 1. The monoisotopic (exact) mass is 292 g/mol. The van der Waals surface area contributed by atoms with Crippen molar-refractivity contribution < 1.29 is 9.90 Å². The minimum absolute atomic E-state index is 0.277. The molecule has 1 aliphatic heterocycles. The van der Waals surface area contributed by atoms with Gasteiger partial charge in [0.05, 0.1) is 17.9 Å². The standard InChI is InChI=1S/C13H16N4O2S/c1-9-11(12(18)19)8-15-17(9)10-2-5-16(6-3-10)13-14-4-7-20-13/h4,7-8,10H,2-3,5-6H2,1H3,(H,18,19). The normalized spacial score (nSPS) is 16.6. The predicted molar refractivity (Wildman–Crippen MR) is 76.5 cm³/mol. The van der Waals surface area contributed by atoms with Gasteiger partial charge in [0, 0.05) is 24.7 Å². The van der Waals surface area contributed by atoms with E-state index in [1.54, 1.807) is 11.3 Å². The third-order valence-corrected chi connectivity index (χ3v) is 4.61. The Bertz CT molecular complexity index is 600. The Labute approximate surface area is 120 Å². The second-order valence-corrected chi connectivity index (χ2v) is 5.80. The van der Waals surface area contributed by atoms with Crippen LogP contribution in [0.25, 0.3) is 0 Å². The first kappa shape index (κ1) is 13.1. The highest BCUT2D eigenvalue weighted by molar-refractivity contribution is 7.13. The minimum Gasteiger partial charge on any atom is -0.478 e. The number of carboxylic acids is 1. The van der Waals surface area contributed by atoms with E-state index >= 15 is 0 Å². The number of thiazole rings is 1. The fourth-order valence-corrected chi connectivity index (χ4v) is 3.37. The van der Waals surface area contributed by atoms with Crippen LogP contribution in [-0.2, 0) is 0 Å². The van der Waals surface area contributed by atoms with Gasteiger partial charge in [-0.05, 0) is 19.8 Å². The third kappa shape index (κ3) is 2.29. The van der Waals surface area contributed by atoms with Crippen LogP contribution in [-0.4, -0.2) is 38.9 Å². The number of nitrogens with zero attached hydrogens (tertiary/aromatic N) is 4. The molecule has 0 unspecified atom stereocenters. The Balaban J connectivity index is 1.71. The highest BCUT2D eigenvalue weighted by atomic mass is 32.1. The molecule has 0 amide bonds. The summed E-state index contributed by atoms with van der Waals surface area (Å²) >= 11 is 1.65. The van der Waals surface area contributed by atoms with E-state index in [0.29, 0.717) is 5.56 Å². The van der Waals surface area contributed by atoms with E-state index in [-0.39, 0.29) is 6.04 Å². The first-order valence-electron chi connectivity index (χ1n) is 6.58. The van der Waals surface area contributed by atoms with Crippen LogP contribution in [0.2, 0.25) is 0 Å². The summed E-state index contributed by atoms with van der Waals surface area (Å²) in [5.41, 5.74) is 1.04. The summed E-state index contributed by atoms with van der Waals surface area (Å²) in [6.45, 7) is 3.68. The van der Waals surface area contributed by atoms with Gasteiger partial charge in [-0.1, -0.05) is 0 Å². The number of hydrogen-bond donors (Lipinski definition) is 1. The molecule has 7 heteroatoms. The highest BCUT2D eigenvalue weighted by Gasteiger charge is 2.25. The zero-order valence-corrected chi connectivity index (χ0v) is 12.0. The van der Waals surface area contributed by atoms with E-state index in [4.69, 9.17) is 5.11 Å². The van der Waals surface area contributed by atoms with Gasteiger partial charge < -0.3 is 10.0 Å². The van der Waals surface area contributed by atoms with Crippen LogP contribution in [0.15, 0.2) is 17.8 Å². The molecule has 20 heavy (non-hydrogen) atoms. The maximum absolute atomic E-state index is 11.1. The van der Waals surface area contributed by atoms with Crippen LogP contribution >= 0.6 is 11.3 Å². The van der Waals surface area contributed by atoms with Gasteiger partial charge in [0.2, 0.25) is 0 Å². The molecule has 0 radical (unpaired) electrons. The molecule has 0 aromatic carbocycles. The molecule has 0 saturated carbocycles. The average Bonchev–Trinajstić information content (AvgIpc) is 3.08. The average molecular weight is 292 g/mol. The summed E-state index contributed by atoms with van der Waals surface area (Å²) in [6.07, 6.45) is 5.19. The molecule has 0 aliphatic carbocycles. The maximum atomic E-state index is 11.1. The Hall–Kier alpha value is -1.89. The zero-order chi connectivity index (χ0) is 14.1. The van der Waals surface area contributed by atoms with E-state index in [1.165, 1.54) is 6.20 Å². The van der Waals surface area contributed by atoms with Crippen LogP contribution in [0.3, 0.4) is 0 Å². The van der Waals surface area contributed by atoms with Gasteiger partial charge in [0.25, 0.3) is 0 Å². The molecule has 2 aromatic rings. The van der Waals surface area contributed by atoms with E-state index in [0.717, 1.165) is 36.8 Å². The summed E-state index contributed by atoms with van der Waals surface area (Å²) in [7, 11) is 0. The Morgan fingerprint density at radius 3 is 2.75 bits per heavy atom. The molecule has 1 saturated heterocycles. The number of rotatable bonds is 3. The molecule has 0 atom stereocenters. The summed E-state index contributed by atoms with van der Waals surface area (Å²) in [5, 5.41) is 16.4. The minimum atomic E-state index is -0.908. The van der Waals surface area contributed by atoms with Crippen LogP contribution in [0.5, 0.6) is 0 Å². The van der Waals surface area contributed by atoms with Gasteiger partial charge in [0.1, 0.15) is 5.56 Å². The SMILES string of the molecule is Cc1c(C(=O)O)cnn1C1CCN(c2nccs2)CC1. The molecular weight excluding hydrogens is 276 g/mol. The van der Waals surface area contributed by atoms with Crippen molar-refractivity contribution in [1.29, 1.82) is 0 Å². The smallest absolute Gasteiger partial charge is 0.339 e. The molecule has 106 valence electrons. The van der Waals surface area contributed by atoms with Crippen LogP contribution < -0.4 is 4.90 Å².